The number of alkyl halides is 3. The van der Waals surface area contributed by atoms with Crippen LogP contribution < -0.4 is 10.6 Å². The zero-order chi connectivity index (χ0) is 16.8. The van der Waals surface area contributed by atoms with E-state index in [9.17, 15) is 13.2 Å². The molecule has 0 radical (unpaired) electrons. The van der Waals surface area contributed by atoms with E-state index in [1.807, 2.05) is 6.92 Å². The molecule has 0 saturated carbocycles. The van der Waals surface area contributed by atoms with Crippen molar-refractivity contribution >= 4 is 29.9 Å². The smallest absolute Gasteiger partial charge is 0.381 e. The Kier molecular flexibility index (Phi) is 16.6. The lowest BCUT2D eigenvalue weighted by Gasteiger charge is -2.12. The lowest BCUT2D eigenvalue weighted by molar-refractivity contribution is -0.135. The lowest BCUT2D eigenvalue weighted by atomic mass is 10.2. The molecule has 0 atom stereocenters. The molecule has 8 heteroatoms. The summed E-state index contributed by atoms with van der Waals surface area (Å²) in [6.45, 7) is 9.43. The Morgan fingerprint density at radius 2 is 1.83 bits per heavy atom. The molecule has 0 aliphatic rings. The van der Waals surface area contributed by atoms with Crippen LogP contribution in [-0.2, 0) is 4.74 Å². The Bertz CT molecular complexity index is 300. The van der Waals surface area contributed by atoms with E-state index in [0.29, 0.717) is 38.0 Å². The van der Waals surface area contributed by atoms with Gasteiger partial charge in [0.25, 0.3) is 0 Å². The molecule has 0 aromatic carbocycles. The molecule has 0 aliphatic carbocycles. The minimum absolute atomic E-state index is 0. The number of halogens is 4. The van der Waals surface area contributed by atoms with Crippen LogP contribution in [-0.4, -0.2) is 45.0 Å². The number of nitrogens with zero attached hydrogens (tertiary/aromatic N) is 1. The monoisotopic (exact) mass is 453 g/mol. The maximum Gasteiger partial charge on any atom is 0.389 e. The van der Waals surface area contributed by atoms with E-state index < -0.39 is 12.6 Å². The van der Waals surface area contributed by atoms with Gasteiger partial charge in [0, 0.05) is 39.3 Å². The van der Waals surface area contributed by atoms with E-state index in [1.54, 1.807) is 0 Å². The standard InChI is InChI=1S/C15H30F3N3O.HI/c1-4-19-14(20-9-6-5-8-15(16,17)18)21-10-7-11-22-12-13(2)3;/h13H,4-12H2,1-3H3,(H2,19,20,21);1H. The fourth-order valence-electron chi connectivity index (χ4n) is 1.68. The van der Waals surface area contributed by atoms with Crippen LogP contribution in [0.1, 0.15) is 46.5 Å². The topological polar surface area (TPSA) is 45.7 Å². The Balaban J connectivity index is 0. The van der Waals surface area contributed by atoms with Crippen LogP contribution in [0, 0.1) is 5.92 Å². The van der Waals surface area contributed by atoms with Crippen molar-refractivity contribution in [1.29, 1.82) is 0 Å². The number of unbranched alkanes of at least 4 members (excludes halogenated alkanes) is 1. The molecule has 0 heterocycles. The molecule has 0 saturated heterocycles. The minimum Gasteiger partial charge on any atom is -0.381 e. The second kappa shape index (κ2) is 15.3. The van der Waals surface area contributed by atoms with E-state index >= 15 is 0 Å². The molecule has 23 heavy (non-hydrogen) atoms. The van der Waals surface area contributed by atoms with Gasteiger partial charge in [-0.05, 0) is 32.1 Å². The number of rotatable bonds is 11. The van der Waals surface area contributed by atoms with Gasteiger partial charge in [-0.25, -0.2) is 0 Å². The molecule has 0 bridgehead atoms. The summed E-state index contributed by atoms with van der Waals surface area (Å²) < 4.78 is 41.5. The van der Waals surface area contributed by atoms with Crippen LogP contribution in [0.3, 0.4) is 0 Å². The molecule has 0 aliphatic heterocycles. The Morgan fingerprint density at radius 3 is 2.39 bits per heavy atom. The highest BCUT2D eigenvalue weighted by Gasteiger charge is 2.25. The molecule has 0 aromatic rings. The third kappa shape index (κ3) is 19.7. The summed E-state index contributed by atoms with van der Waals surface area (Å²) in [5.41, 5.74) is 0. The number of ether oxygens (including phenoxy) is 1. The van der Waals surface area contributed by atoms with Crippen molar-refractivity contribution in [2.75, 3.05) is 32.8 Å². The minimum atomic E-state index is -4.06. The predicted octanol–water partition coefficient (Wildman–Crippen LogP) is 3.95. The Labute approximate surface area is 155 Å². The summed E-state index contributed by atoms with van der Waals surface area (Å²) >= 11 is 0. The first-order valence-electron chi connectivity index (χ1n) is 8.01. The maximum absolute atomic E-state index is 12.0. The summed E-state index contributed by atoms with van der Waals surface area (Å²) in [5, 5.41) is 6.12. The van der Waals surface area contributed by atoms with Gasteiger partial charge in [0.15, 0.2) is 5.96 Å². The largest absolute Gasteiger partial charge is 0.389 e. The van der Waals surface area contributed by atoms with Gasteiger partial charge in [-0.1, -0.05) is 13.8 Å². The fraction of sp³-hybridized carbons (Fsp3) is 0.933. The van der Waals surface area contributed by atoms with Gasteiger partial charge in [-0.15, -0.1) is 24.0 Å². The van der Waals surface area contributed by atoms with E-state index in [0.717, 1.165) is 19.6 Å². The highest BCUT2D eigenvalue weighted by molar-refractivity contribution is 14.0. The van der Waals surface area contributed by atoms with E-state index in [2.05, 4.69) is 29.5 Å². The van der Waals surface area contributed by atoms with Crippen molar-refractivity contribution in [3.8, 4) is 0 Å². The number of aliphatic imine (C=N–C) groups is 1. The number of hydrogen-bond donors (Lipinski definition) is 2. The van der Waals surface area contributed by atoms with Crippen LogP contribution in [0.15, 0.2) is 4.99 Å². The van der Waals surface area contributed by atoms with Crippen LogP contribution in [0.2, 0.25) is 0 Å². The van der Waals surface area contributed by atoms with Crippen LogP contribution >= 0.6 is 24.0 Å². The van der Waals surface area contributed by atoms with Crippen LogP contribution in [0.4, 0.5) is 13.2 Å². The quantitative estimate of drug-likeness (QED) is 0.216. The van der Waals surface area contributed by atoms with Crippen LogP contribution in [0.5, 0.6) is 0 Å². The SMILES string of the molecule is CCNC(=NCCCOCC(C)C)NCCCCC(F)(F)F.I. The molecule has 2 N–H and O–H groups in total. The summed E-state index contributed by atoms with van der Waals surface area (Å²) in [6, 6.07) is 0. The number of hydrogen-bond acceptors (Lipinski definition) is 2. The zero-order valence-corrected chi connectivity index (χ0v) is 16.7. The molecule has 0 spiro atoms. The molecule has 0 rings (SSSR count). The first-order chi connectivity index (χ1) is 10.3. The molecule has 140 valence electrons. The van der Waals surface area contributed by atoms with Gasteiger partial charge < -0.3 is 15.4 Å². The number of nitrogens with one attached hydrogen (secondary N) is 2. The van der Waals surface area contributed by atoms with Gasteiger partial charge in [-0.3, -0.25) is 4.99 Å². The molecule has 0 fully saturated rings. The van der Waals surface area contributed by atoms with Gasteiger partial charge in [0.05, 0.1) is 0 Å². The van der Waals surface area contributed by atoms with E-state index in [-0.39, 0.29) is 30.4 Å². The highest BCUT2D eigenvalue weighted by Crippen LogP contribution is 2.21. The van der Waals surface area contributed by atoms with Gasteiger partial charge in [0.2, 0.25) is 0 Å². The first-order valence-corrected chi connectivity index (χ1v) is 8.01. The summed E-state index contributed by atoms with van der Waals surface area (Å²) in [6.07, 6.45) is -3.35. The van der Waals surface area contributed by atoms with E-state index in [4.69, 9.17) is 4.74 Å². The van der Waals surface area contributed by atoms with Crippen molar-refractivity contribution in [2.24, 2.45) is 10.9 Å². The summed E-state index contributed by atoms with van der Waals surface area (Å²) in [4.78, 5) is 4.37. The average Bonchev–Trinajstić information content (AvgIpc) is 2.40. The van der Waals surface area contributed by atoms with E-state index in [1.165, 1.54) is 0 Å². The summed E-state index contributed by atoms with van der Waals surface area (Å²) in [5.74, 6) is 1.18. The third-order valence-electron chi connectivity index (χ3n) is 2.69. The molecule has 0 amide bonds. The molecular formula is C15H31F3IN3O. The third-order valence-corrected chi connectivity index (χ3v) is 2.69. The first kappa shape index (κ1) is 25.0. The maximum atomic E-state index is 12.0. The van der Waals surface area contributed by atoms with Crippen molar-refractivity contribution in [1.82, 2.24) is 10.6 Å². The van der Waals surface area contributed by atoms with Crippen molar-refractivity contribution in [2.45, 2.75) is 52.6 Å². The van der Waals surface area contributed by atoms with Crippen molar-refractivity contribution < 1.29 is 17.9 Å². The molecule has 0 unspecified atom stereocenters. The lowest BCUT2D eigenvalue weighted by Crippen LogP contribution is -2.38. The van der Waals surface area contributed by atoms with Crippen LogP contribution in [0.25, 0.3) is 0 Å². The zero-order valence-electron chi connectivity index (χ0n) is 14.3. The van der Waals surface area contributed by atoms with Gasteiger partial charge >= 0.3 is 6.18 Å². The average molecular weight is 453 g/mol. The highest BCUT2D eigenvalue weighted by atomic mass is 127. The second-order valence-electron chi connectivity index (χ2n) is 5.58. The molecule has 4 nitrogen and oxygen atoms in total. The fourth-order valence-corrected chi connectivity index (χ4v) is 1.68. The second-order valence-corrected chi connectivity index (χ2v) is 5.58. The molecular weight excluding hydrogens is 422 g/mol. The molecule has 0 aromatic heterocycles. The normalized spacial score (nSPS) is 12.2. The summed E-state index contributed by atoms with van der Waals surface area (Å²) in [7, 11) is 0. The Hall–Kier alpha value is -0.250. The van der Waals surface area contributed by atoms with Crippen molar-refractivity contribution in [3.05, 3.63) is 0 Å². The van der Waals surface area contributed by atoms with Crippen molar-refractivity contribution in [3.63, 3.8) is 0 Å². The van der Waals surface area contributed by atoms with Gasteiger partial charge in [-0.2, -0.15) is 13.2 Å². The Morgan fingerprint density at radius 1 is 1.13 bits per heavy atom. The predicted molar refractivity (Wildman–Crippen MR) is 99.6 cm³/mol. The number of guanidine groups is 1. The van der Waals surface area contributed by atoms with Gasteiger partial charge in [0.1, 0.15) is 0 Å².